The molecule has 0 aromatic rings. The van der Waals surface area contributed by atoms with E-state index in [1.54, 1.807) is 0 Å². The molecule has 0 saturated carbocycles. The average molecular weight is 216 g/mol. The predicted molar refractivity (Wildman–Crippen MR) is 44.3 cm³/mol. The third-order valence-electron chi connectivity index (χ3n) is 1.35. The largest absolute Gasteiger partial charge is 1.00 e. The Labute approximate surface area is 102 Å². The molecule has 0 amide bonds. The van der Waals surface area contributed by atoms with Crippen molar-refractivity contribution in [2.24, 2.45) is 0 Å². The minimum atomic E-state index is -4.59. The van der Waals surface area contributed by atoms with E-state index < -0.39 is 16.5 Å². The van der Waals surface area contributed by atoms with Gasteiger partial charge in [-0.2, -0.15) is 0 Å². The monoisotopic (exact) mass is 216 g/mol. The number of hydrogen-bond donors (Lipinski definition) is 0. The molecule has 0 fully saturated rings. The Bertz CT molecular complexity index is 225. The quantitative estimate of drug-likeness (QED) is 0.228. The second-order valence-electron chi connectivity index (χ2n) is 2.42. The standard InChI is InChI=1S/C7H14O4S.Na/c1-3-5-6-7(4-2)11-12(8,9)10;/h4,7H,2-3,5-6H2,1H3,(H,8,9,10);/q;+1/p-1/t7-;/m1./s1. The molecular weight excluding hydrogens is 203 g/mol. The SMILES string of the molecule is C=C[C@H](CCCC)OS(=O)(=O)[O-].[Na+]. The molecular formula is C7H13NaO4S. The zero-order valence-electron chi connectivity index (χ0n) is 8.02. The summed E-state index contributed by atoms with van der Waals surface area (Å²) in [5, 5.41) is 0. The van der Waals surface area contributed by atoms with Gasteiger partial charge in [-0.15, -0.1) is 6.58 Å². The van der Waals surface area contributed by atoms with Crippen molar-refractivity contribution < 1.29 is 46.7 Å². The maximum Gasteiger partial charge on any atom is 1.00 e. The molecule has 0 bridgehead atoms. The number of hydrogen-bond acceptors (Lipinski definition) is 4. The molecule has 72 valence electrons. The second kappa shape index (κ2) is 7.96. The fourth-order valence-corrected chi connectivity index (χ4v) is 1.24. The molecule has 0 rings (SSSR count). The Morgan fingerprint density at radius 2 is 2.15 bits per heavy atom. The van der Waals surface area contributed by atoms with Crippen LogP contribution < -0.4 is 29.6 Å². The van der Waals surface area contributed by atoms with Gasteiger partial charge in [0, 0.05) is 0 Å². The summed E-state index contributed by atoms with van der Waals surface area (Å²) >= 11 is 0. The Hall–Kier alpha value is 0.610. The van der Waals surface area contributed by atoms with Crippen molar-refractivity contribution in [3.8, 4) is 0 Å². The summed E-state index contributed by atoms with van der Waals surface area (Å²) in [6.07, 6.45) is 2.90. The van der Waals surface area contributed by atoms with Crippen molar-refractivity contribution in [1.29, 1.82) is 0 Å². The van der Waals surface area contributed by atoms with E-state index in [0.717, 1.165) is 12.8 Å². The molecule has 6 heteroatoms. The van der Waals surface area contributed by atoms with E-state index in [1.165, 1.54) is 6.08 Å². The average Bonchev–Trinajstić information content (AvgIpc) is 1.95. The molecule has 0 aromatic heterocycles. The van der Waals surface area contributed by atoms with Crippen LogP contribution in [0.15, 0.2) is 12.7 Å². The van der Waals surface area contributed by atoms with Gasteiger partial charge in [0.05, 0.1) is 6.10 Å². The minimum absolute atomic E-state index is 0. The van der Waals surface area contributed by atoms with Crippen LogP contribution in [0.5, 0.6) is 0 Å². The van der Waals surface area contributed by atoms with Crippen molar-refractivity contribution >= 4 is 10.4 Å². The van der Waals surface area contributed by atoms with Crippen LogP contribution in [0.25, 0.3) is 0 Å². The summed E-state index contributed by atoms with van der Waals surface area (Å²) in [4.78, 5) is 0. The van der Waals surface area contributed by atoms with Gasteiger partial charge in [0.15, 0.2) is 0 Å². The molecule has 0 unspecified atom stereocenters. The van der Waals surface area contributed by atoms with Crippen LogP contribution in [-0.4, -0.2) is 19.1 Å². The molecule has 1 atom stereocenters. The summed E-state index contributed by atoms with van der Waals surface area (Å²) in [7, 11) is -4.59. The molecule has 0 aliphatic carbocycles. The third kappa shape index (κ3) is 10.5. The Kier molecular flexibility index (Phi) is 9.83. The molecule has 4 nitrogen and oxygen atoms in total. The zero-order chi connectivity index (χ0) is 9.61. The summed E-state index contributed by atoms with van der Waals surface area (Å²) < 4.78 is 34.6. The Morgan fingerprint density at radius 1 is 1.62 bits per heavy atom. The molecule has 0 N–H and O–H groups in total. The topological polar surface area (TPSA) is 66.4 Å². The number of unbranched alkanes of at least 4 members (excludes halogenated alkanes) is 1. The van der Waals surface area contributed by atoms with Crippen molar-refractivity contribution in [2.75, 3.05) is 0 Å². The van der Waals surface area contributed by atoms with Gasteiger partial charge in [-0.1, -0.05) is 25.8 Å². The van der Waals surface area contributed by atoms with Gasteiger partial charge in [0.1, 0.15) is 0 Å². The van der Waals surface area contributed by atoms with E-state index in [4.69, 9.17) is 0 Å². The van der Waals surface area contributed by atoms with Crippen LogP contribution >= 0.6 is 0 Å². The van der Waals surface area contributed by atoms with Gasteiger partial charge in [-0.05, 0) is 6.42 Å². The van der Waals surface area contributed by atoms with Gasteiger partial charge >= 0.3 is 29.6 Å². The first kappa shape index (κ1) is 16.1. The van der Waals surface area contributed by atoms with Gasteiger partial charge in [-0.3, -0.25) is 4.18 Å². The van der Waals surface area contributed by atoms with E-state index in [1.807, 2.05) is 6.92 Å². The fourth-order valence-electron chi connectivity index (χ4n) is 0.762. The molecule has 0 aliphatic rings. The fraction of sp³-hybridized carbons (Fsp3) is 0.714. The first-order valence-electron chi connectivity index (χ1n) is 3.76. The third-order valence-corrected chi connectivity index (χ3v) is 1.83. The second-order valence-corrected chi connectivity index (χ2v) is 3.43. The molecule has 0 spiro atoms. The summed E-state index contributed by atoms with van der Waals surface area (Å²) in [5.74, 6) is 0. The van der Waals surface area contributed by atoms with Crippen LogP contribution in [0.4, 0.5) is 0 Å². The predicted octanol–water partition coefficient (Wildman–Crippen LogP) is -1.79. The van der Waals surface area contributed by atoms with E-state index in [-0.39, 0.29) is 29.6 Å². The Balaban J connectivity index is 0. The van der Waals surface area contributed by atoms with Crippen LogP contribution in [0.1, 0.15) is 26.2 Å². The maximum atomic E-state index is 10.1. The van der Waals surface area contributed by atoms with Crippen molar-refractivity contribution in [2.45, 2.75) is 32.3 Å². The first-order valence-corrected chi connectivity index (χ1v) is 5.09. The number of rotatable bonds is 6. The molecule has 13 heavy (non-hydrogen) atoms. The zero-order valence-corrected chi connectivity index (χ0v) is 10.8. The van der Waals surface area contributed by atoms with Crippen molar-refractivity contribution in [3.63, 3.8) is 0 Å². The van der Waals surface area contributed by atoms with Gasteiger partial charge < -0.3 is 4.55 Å². The van der Waals surface area contributed by atoms with Crippen molar-refractivity contribution in [1.82, 2.24) is 0 Å². The van der Waals surface area contributed by atoms with E-state index in [9.17, 15) is 13.0 Å². The van der Waals surface area contributed by atoms with Gasteiger partial charge in [0.25, 0.3) is 0 Å². The van der Waals surface area contributed by atoms with Crippen molar-refractivity contribution in [3.05, 3.63) is 12.7 Å². The molecule has 0 radical (unpaired) electrons. The summed E-state index contributed by atoms with van der Waals surface area (Å²) in [5.41, 5.74) is 0. The van der Waals surface area contributed by atoms with Gasteiger partial charge in [-0.25, -0.2) is 8.42 Å². The van der Waals surface area contributed by atoms with Gasteiger partial charge in [0.2, 0.25) is 10.4 Å². The molecule has 0 heterocycles. The maximum absolute atomic E-state index is 10.1. The van der Waals surface area contributed by atoms with Crippen LogP contribution in [-0.2, 0) is 14.6 Å². The first-order chi connectivity index (χ1) is 5.49. The minimum Gasteiger partial charge on any atom is -0.726 e. The Morgan fingerprint density at radius 3 is 2.46 bits per heavy atom. The van der Waals surface area contributed by atoms with Crippen LogP contribution in [0.3, 0.4) is 0 Å². The van der Waals surface area contributed by atoms with E-state index >= 15 is 0 Å². The summed E-state index contributed by atoms with van der Waals surface area (Å²) in [6, 6.07) is 0. The molecule has 0 aromatic carbocycles. The van der Waals surface area contributed by atoms with Crippen LogP contribution in [0.2, 0.25) is 0 Å². The van der Waals surface area contributed by atoms with Crippen LogP contribution in [0, 0.1) is 0 Å². The van der Waals surface area contributed by atoms with E-state index in [2.05, 4.69) is 10.8 Å². The smallest absolute Gasteiger partial charge is 0.726 e. The van der Waals surface area contributed by atoms with E-state index in [0.29, 0.717) is 6.42 Å². The molecule has 0 aliphatic heterocycles. The molecule has 0 saturated heterocycles. The normalized spacial score (nSPS) is 13.1. The summed E-state index contributed by atoms with van der Waals surface area (Å²) in [6.45, 7) is 5.33.